The third-order valence-electron chi connectivity index (χ3n) is 5.83. The van der Waals surface area contributed by atoms with Crippen LogP contribution in [0.2, 0.25) is 0 Å². The minimum Gasteiger partial charge on any atom is -0.379 e. The van der Waals surface area contributed by atoms with Gasteiger partial charge in [0.15, 0.2) is 0 Å². The van der Waals surface area contributed by atoms with Gasteiger partial charge in [-0.25, -0.2) is 0 Å². The molecule has 0 aliphatic heterocycles. The van der Waals surface area contributed by atoms with Crippen LogP contribution in [-0.4, -0.2) is 58.4 Å². The maximum atomic E-state index is 10.6. The molecule has 0 rings (SSSR count). The molecule has 0 bridgehead atoms. The Labute approximate surface area is 205 Å². The molecule has 0 aromatic carbocycles. The van der Waals surface area contributed by atoms with Crippen molar-refractivity contribution >= 4 is 10.1 Å². The normalized spacial score (nSPS) is 11.9. The number of hydrogen-bond donors (Lipinski definition) is 1. The summed E-state index contributed by atoms with van der Waals surface area (Å²) in [6, 6.07) is 0. The lowest BCUT2D eigenvalue weighted by Crippen LogP contribution is -2.11. The molecule has 7 heteroatoms. The van der Waals surface area contributed by atoms with Gasteiger partial charge in [-0.1, -0.05) is 103 Å². The van der Waals surface area contributed by atoms with E-state index in [0.29, 0.717) is 45.9 Å². The van der Waals surface area contributed by atoms with Crippen molar-refractivity contribution in [1.82, 2.24) is 0 Å². The number of rotatable bonds is 28. The van der Waals surface area contributed by atoms with Gasteiger partial charge in [0.2, 0.25) is 0 Å². The molecular weight excluding hydrogens is 440 g/mol. The molecule has 0 aromatic rings. The van der Waals surface area contributed by atoms with E-state index in [-0.39, 0.29) is 5.75 Å². The van der Waals surface area contributed by atoms with Crippen molar-refractivity contribution in [3.8, 4) is 0 Å². The van der Waals surface area contributed by atoms with Gasteiger partial charge in [-0.2, -0.15) is 8.42 Å². The molecule has 0 aliphatic rings. The first-order chi connectivity index (χ1) is 16.1. The van der Waals surface area contributed by atoms with Gasteiger partial charge < -0.3 is 14.2 Å². The van der Waals surface area contributed by atoms with Crippen LogP contribution < -0.4 is 0 Å². The van der Waals surface area contributed by atoms with Crippen LogP contribution in [0.5, 0.6) is 0 Å². The Morgan fingerprint density at radius 3 is 1.12 bits per heavy atom. The molecule has 0 spiro atoms. The maximum absolute atomic E-state index is 10.6. The molecule has 0 atom stereocenters. The third-order valence-corrected chi connectivity index (χ3v) is 6.63. The van der Waals surface area contributed by atoms with Crippen molar-refractivity contribution in [3.05, 3.63) is 0 Å². The molecule has 200 valence electrons. The van der Waals surface area contributed by atoms with E-state index in [4.69, 9.17) is 18.8 Å². The minimum atomic E-state index is -3.85. The Morgan fingerprint density at radius 1 is 0.455 bits per heavy atom. The van der Waals surface area contributed by atoms with Crippen LogP contribution in [0.4, 0.5) is 0 Å². The molecule has 33 heavy (non-hydrogen) atoms. The highest BCUT2D eigenvalue weighted by Gasteiger charge is 2.03. The quantitative estimate of drug-likeness (QED) is 0.0934. The van der Waals surface area contributed by atoms with Gasteiger partial charge in [-0.3, -0.25) is 4.55 Å². The van der Waals surface area contributed by atoms with E-state index in [1.807, 2.05) is 0 Å². The van der Waals surface area contributed by atoms with Crippen LogP contribution in [0.15, 0.2) is 0 Å². The predicted octanol–water partition coefficient (Wildman–Crippen LogP) is 6.97. The first kappa shape index (κ1) is 32.8. The average molecular weight is 495 g/mol. The summed E-state index contributed by atoms with van der Waals surface area (Å²) in [4.78, 5) is 0. The maximum Gasteiger partial charge on any atom is 0.264 e. The van der Waals surface area contributed by atoms with Crippen LogP contribution in [0.25, 0.3) is 0 Å². The van der Waals surface area contributed by atoms with Gasteiger partial charge in [0.05, 0.1) is 32.2 Å². The Kier molecular flexibility index (Phi) is 26.2. The molecule has 0 fully saturated rings. The lowest BCUT2D eigenvalue weighted by molar-refractivity contribution is 0.0134. The van der Waals surface area contributed by atoms with E-state index < -0.39 is 10.1 Å². The molecule has 0 radical (unpaired) electrons. The summed E-state index contributed by atoms with van der Waals surface area (Å²) < 4.78 is 46.1. The van der Waals surface area contributed by atoms with Gasteiger partial charge in [0, 0.05) is 13.2 Å². The lowest BCUT2D eigenvalue weighted by Gasteiger charge is -2.07. The molecular formula is C26H54O6S. The Hall–Kier alpha value is -0.210. The van der Waals surface area contributed by atoms with E-state index in [1.54, 1.807) is 0 Å². The number of ether oxygens (including phenoxy) is 3. The van der Waals surface area contributed by atoms with Crippen molar-refractivity contribution < 1.29 is 27.2 Å². The van der Waals surface area contributed by atoms with Crippen LogP contribution in [-0.2, 0) is 24.3 Å². The first-order valence-electron chi connectivity index (χ1n) is 13.7. The SMILES string of the molecule is CCCCCCCCCCCCCCCCCCOCCOCCOCCCCS(=O)(=O)O. The van der Waals surface area contributed by atoms with Gasteiger partial charge >= 0.3 is 0 Å². The second kappa shape index (κ2) is 26.4. The summed E-state index contributed by atoms with van der Waals surface area (Å²) in [5.41, 5.74) is 0. The lowest BCUT2D eigenvalue weighted by atomic mass is 10.0. The molecule has 0 heterocycles. The smallest absolute Gasteiger partial charge is 0.264 e. The second-order valence-corrected chi connectivity index (χ2v) is 10.7. The van der Waals surface area contributed by atoms with E-state index in [1.165, 1.54) is 96.3 Å². The largest absolute Gasteiger partial charge is 0.379 e. The van der Waals surface area contributed by atoms with Crippen LogP contribution >= 0.6 is 0 Å². The monoisotopic (exact) mass is 494 g/mol. The summed E-state index contributed by atoms with van der Waals surface area (Å²) in [5.74, 6) is -0.205. The Bertz CT molecular complexity index is 469. The van der Waals surface area contributed by atoms with Crippen molar-refractivity contribution in [3.63, 3.8) is 0 Å². The zero-order valence-electron chi connectivity index (χ0n) is 21.6. The second-order valence-electron chi connectivity index (χ2n) is 9.13. The average Bonchev–Trinajstić information content (AvgIpc) is 2.78. The Morgan fingerprint density at radius 2 is 0.758 bits per heavy atom. The number of hydrogen-bond acceptors (Lipinski definition) is 5. The van der Waals surface area contributed by atoms with E-state index in [2.05, 4.69) is 6.92 Å². The predicted molar refractivity (Wildman–Crippen MR) is 138 cm³/mol. The Balaban J connectivity index is 3.04. The standard InChI is InChI=1S/C26H54O6S/c1-2-3-4-5-6-7-8-9-10-11-12-13-14-15-16-17-20-30-22-24-32-25-23-31-21-18-19-26-33(27,28)29/h2-26H2,1H3,(H,27,28,29). The molecule has 0 aliphatic carbocycles. The van der Waals surface area contributed by atoms with Crippen molar-refractivity contribution in [2.45, 2.75) is 122 Å². The highest BCUT2D eigenvalue weighted by molar-refractivity contribution is 7.85. The summed E-state index contributed by atoms with van der Waals surface area (Å²) in [5, 5.41) is 0. The van der Waals surface area contributed by atoms with E-state index >= 15 is 0 Å². The molecule has 0 aromatic heterocycles. The summed E-state index contributed by atoms with van der Waals surface area (Å²) in [6.45, 7) is 5.77. The summed E-state index contributed by atoms with van der Waals surface area (Å²) >= 11 is 0. The molecule has 6 nitrogen and oxygen atoms in total. The van der Waals surface area contributed by atoms with Gasteiger partial charge in [0.1, 0.15) is 0 Å². The van der Waals surface area contributed by atoms with Crippen LogP contribution in [0.3, 0.4) is 0 Å². The van der Waals surface area contributed by atoms with Gasteiger partial charge in [0.25, 0.3) is 10.1 Å². The molecule has 0 saturated heterocycles. The third kappa shape index (κ3) is 31.8. The summed E-state index contributed by atoms with van der Waals surface area (Å²) in [7, 11) is -3.85. The zero-order valence-corrected chi connectivity index (χ0v) is 22.4. The fraction of sp³-hybridized carbons (Fsp3) is 1.00. The zero-order chi connectivity index (χ0) is 24.3. The van der Waals surface area contributed by atoms with E-state index in [0.717, 1.165) is 13.0 Å². The van der Waals surface area contributed by atoms with Crippen LogP contribution in [0, 0.1) is 0 Å². The fourth-order valence-corrected chi connectivity index (χ4v) is 4.35. The molecule has 1 N–H and O–H groups in total. The first-order valence-corrected chi connectivity index (χ1v) is 15.4. The van der Waals surface area contributed by atoms with Gasteiger partial charge in [-0.15, -0.1) is 0 Å². The van der Waals surface area contributed by atoms with Crippen molar-refractivity contribution in [2.75, 3.05) is 45.4 Å². The van der Waals surface area contributed by atoms with Crippen LogP contribution in [0.1, 0.15) is 122 Å². The number of unbranched alkanes of at least 4 members (excludes halogenated alkanes) is 16. The highest BCUT2D eigenvalue weighted by atomic mass is 32.2. The fourth-order valence-electron chi connectivity index (χ4n) is 3.78. The minimum absolute atomic E-state index is 0.205. The van der Waals surface area contributed by atoms with Crippen molar-refractivity contribution in [2.24, 2.45) is 0 Å². The van der Waals surface area contributed by atoms with Gasteiger partial charge in [-0.05, 0) is 19.3 Å². The highest BCUT2D eigenvalue weighted by Crippen LogP contribution is 2.13. The van der Waals surface area contributed by atoms with Crippen molar-refractivity contribution in [1.29, 1.82) is 0 Å². The topological polar surface area (TPSA) is 82.1 Å². The molecule has 0 unspecified atom stereocenters. The molecule has 0 amide bonds. The molecule has 0 saturated carbocycles. The summed E-state index contributed by atoms with van der Waals surface area (Å²) in [6.07, 6.45) is 23.1. The van der Waals surface area contributed by atoms with E-state index in [9.17, 15) is 8.42 Å².